The maximum absolute atomic E-state index is 13.0. The first-order valence-corrected chi connectivity index (χ1v) is 11.0. The zero-order valence-corrected chi connectivity index (χ0v) is 18.9. The van der Waals surface area contributed by atoms with E-state index in [9.17, 15) is 19.3 Å². The molecule has 1 aromatic carbocycles. The molecule has 0 spiro atoms. The Labute approximate surface area is 184 Å². The molecule has 13 heteroatoms. The van der Waals surface area contributed by atoms with E-state index in [0.29, 0.717) is 11.4 Å². The minimum atomic E-state index is -4.90. The topological polar surface area (TPSA) is 157 Å². The van der Waals surface area contributed by atoms with E-state index < -0.39 is 38.0 Å². The summed E-state index contributed by atoms with van der Waals surface area (Å²) in [6.07, 6.45) is 0. The Balaban J connectivity index is 2.76. The Morgan fingerprint density at radius 1 is 1.12 bits per heavy atom. The SMILES string of the molecule is CCOC(=O)c1c(OCOP(=O)(O)O)c(O)c(C(=O)N(C)CC)n1-c1ccc(OC)cc1. The zero-order chi connectivity index (χ0) is 24.1. The molecule has 32 heavy (non-hydrogen) atoms. The standard InChI is InChI=1S/C19H25N2O10P/c1-5-20(3)18(23)14-16(22)17(30-11-31-32(25,26)27)15(19(24)29-6-2)21(14)12-7-9-13(28-4)10-8-12/h7-10,22H,5-6,11H2,1-4H3,(H2,25,26,27). The van der Waals surface area contributed by atoms with Crippen LogP contribution in [0.25, 0.3) is 5.69 Å². The fourth-order valence-electron chi connectivity index (χ4n) is 2.72. The van der Waals surface area contributed by atoms with Crippen LogP contribution in [0.3, 0.4) is 0 Å². The van der Waals surface area contributed by atoms with Crippen molar-refractivity contribution in [1.29, 1.82) is 0 Å². The lowest BCUT2D eigenvalue weighted by atomic mass is 10.2. The maximum atomic E-state index is 13.0. The van der Waals surface area contributed by atoms with Gasteiger partial charge in [-0.05, 0) is 38.1 Å². The molecule has 12 nitrogen and oxygen atoms in total. The van der Waals surface area contributed by atoms with Crippen LogP contribution >= 0.6 is 7.82 Å². The number of phosphoric ester groups is 1. The molecular formula is C19H25N2O10P. The van der Waals surface area contributed by atoms with Crippen molar-refractivity contribution in [3.05, 3.63) is 35.7 Å². The predicted octanol–water partition coefficient (Wildman–Crippen LogP) is 1.91. The molecule has 0 bridgehead atoms. The number of aromatic nitrogens is 1. The third-order valence-corrected chi connectivity index (χ3v) is 4.79. The van der Waals surface area contributed by atoms with Crippen LogP contribution in [-0.4, -0.2) is 70.3 Å². The minimum absolute atomic E-state index is 0.0239. The predicted molar refractivity (Wildman–Crippen MR) is 111 cm³/mol. The third-order valence-electron chi connectivity index (χ3n) is 4.35. The molecule has 1 aromatic heterocycles. The highest BCUT2D eigenvalue weighted by Gasteiger charge is 2.35. The van der Waals surface area contributed by atoms with E-state index in [1.54, 1.807) is 38.1 Å². The Hall–Kier alpha value is -3.05. The summed E-state index contributed by atoms with van der Waals surface area (Å²) in [6, 6.07) is 6.24. The summed E-state index contributed by atoms with van der Waals surface area (Å²) in [5.41, 5.74) is -0.381. The molecule has 0 saturated carbocycles. The summed E-state index contributed by atoms with van der Waals surface area (Å²) in [5.74, 6) is -2.32. The number of nitrogens with zero attached hydrogens (tertiary/aromatic N) is 2. The van der Waals surface area contributed by atoms with E-state index >= 15 is 0 Å². The molecular weight excluding hydrogens is 447 g/mol. The molecule has 0 saturated heterocycles. The van der Waals surface area contributed by atoms with Crippen LogP contribution in [-0.2, 0) is 13.8 Å². The van der Waals surface area contributed by atoms with Crippen LogP contribution in [0.5, 0.6) is 17.2 Å². The number of hydrogen-bond donors (Lipinski definition) is 3. The van der Waals surface area contributed by atoms with Gasteiger partial charge in [-0.25, -0.2) is 13.9 Å². The normalized spacial score (nSPS) is 11.2. The number of carbonyl (C=O) groups excluding carboxylic acids is 2. The average molecular weight is 472 g/mol. The Kier molecular flexibility index (Phi) is 8.28. The number of hydrogen-bond acceptors (Lipinski definition) is 8. The van der Waals surface area contributed by atoms with Gasteiger partial charge in [0.2, 0.25) is 6.79 Å². The van der Waals surface area contributed by atoms with Crippen molar-refractivity contribution in [3.63, 3.8) is 0 Å². The van der Waals surface area contributed by atoms with Crippen molar-refractivity contribution in [1.82, 2.24) is 9.47 Å². The number of benzene rings is 1. The number of aromatic hydroxyl groups is 1. The van der Waals surface area contributed by atoms with Gasteiger partial charge in [0, 0.05) is 19.3 Å². The summed E-state index contributed by atoms with van der Waals surface area (Å²) >= 11 is 0. The van der Waals surface area contributed by atoms with E-state index in [0.717, 1.165) is 4.57 Å². The van der Waals surface area contributed by atoms with Crippen molar-refractivity contribution < 1.29 is 47.8 Å². The Morgan fingerprint density at radius 3 is 2.25 bits per heavy atom. The maximum Gasteiger partial charge on any atom is 0.472 e. The van der Waals surface area contributed by atoms with Gasteiger partial charge >= 0.3 is 13.8 Å². The van der Waals surface area contributed by atoms with E-state index in [-0.39, 0.29) is 24.5 Å². The van der Waals surface area contributed by atoms with E-state index in [1.807, 2.05) is 0 Å². The van der Waals surface area contributed by atoms with Gasteiger partial charge in [-0.1, -0.05) is 0 Å². The molecule has 2 rings (SSSR count). The van der Waals surface area contributed by atoms with Crippen molar-refractivity contribution in [3.8, 4) is 22.9 Å². The number of phosphoric acid groups is 1. The summed E-state index contributed by atoms with van der Waals surface area (Å²) in [4.78, 5) is 44.9. The molecule has 2 aromatic rings. The van der Waals surface area contributed by atoms with Gasteiger partial charge in [-0.2, -0.15) is 0 Å². The zero-order valence-electron chi connectivity index (χ0n) is 18.0. The van der Waals surface area contributed by atoms with Crippen molar-refractivity contribution in [2.75, 3.05) is 34.1 Å². The second-order valence-electron chi connectivity index (χ2n) is 6.33. The monoisotopic (exact) mass is 472 g/mol. The van der Waals surface area contributed by atoms with E-state index in [1.165, 1.54) is 19.1 Å². The highest BCUT2D eigenvalue weighted by Crippen LogP contribution is 2.42. The molecule has 176 valence electrons. The highest BCUT2D eigenvalue weighted by atomic mass is 31.2. The van der Waals surface area contributed by atoms with Gasteiger partial charge in [-0.15, -0.1) is 0 Å². The first-order chi connectivity index (χ1) is 15.1. The Bertz CT molecular complexity index is 1010. The fraction of sp³-hybridized carbons (Fsp3) is 0.368. The van der Waals surface area contributed by atoms with Crippen LogP contribution < -0.4 is 9.47 Å². The van der Waals surface area contributed by atoms with Crippen LogP contribution in [0.4, 0.5) is 0 Å². The molecule has 0 aliphatic heterocycles. The fourth-order valence-corrected chi connectivity index (χ4v) is 2.91. The first kappa shape index (κ1) is 25.2. The lowest BCUT2D eigenvalue weighted by molar-refractivity contribution is 0.0497. The lowest BCUT2D eigenvalue weighted by Crippen LogP contribution is -2.29. The largest absolute Gasteiger partial charge is 0.503 e. The van der Waals surface area contributed by atoms with E-state index in [4.69, 9.17) is 24.0 Å². The molecule has 1 heterocycles. The molecule has 0 aliphatic carbocycles. The second-order valence-corrected chi connectivity index (χ2v) is 7.57. The molecule has 0 aliphatic rings. The smallest absolute Gasteiger partial charge is 0.472 e. The molecule has 0 fully saturated rings. The quantitative estimate of drug-likeness (QED) is 0.265. The van der Waals surface area contributed by atoms with Crippen LogP contribution in [0, 0.1) is 0 Å². The first-order valence-electron chi connectivity index (χ1n) is 9.43. The third kappa shape index (κ3) is 5.60. The number of rotatable bonds is 10. The highest BCUT2D eigenvalue weighted by molar-refractivity contribution is 7.46. The summed E-state index contributed by atoms with van der Waals surface area (Å²) < 4.78 is 31.8. The number of amides is 1. The molecule has 0 atom stereocenters. The second kappa shape index (κ2) is 10.5. The molecule has 0 unspecified atom stereocenters. The van der Waals surface area contributed by atoms with Crippen molar-refractivity contribution >= 4 is 19.7 Å². The van der Waals surface area contributed by atoms with Crippen molar-refractivity contribution in [2.24, 2.45) is 0 Å². The summed E-state index contributed by atoms with van der Waals surface area (Å²) in [6.45, 7) is 2.54. The van der Waals surface area contributed by atoms with Gasteiger partial charge in [0.15, 0.2) is 22.9 Å². The summed E-state index contributed by atoms with van der Waals surface area (Å²) in [5, 5.41) is 10.8. The molecule has 0 radical (unpaired) electrons. The van der Waals surface area contributed by atoms with Crippen molar-refractivity contribution in [2.45, 2.75) is 13.8 Å². The molecule has 3 N–H and O–H groups in total. The number of esters is 1. The van der Waals surface area contributed by atoms with Gasteiger partial charge in [-0.3, -0.25) is 9.36 Å². The summed E-state index contributed by atoms with van der Waals surface area (Å²) in [7, 11) is -1.93. The Morgan fingerprint density at radius 2 is 1.75 bits per heavy atom. The lowest BCUT2D eigenvalue weighted by Gasteiger charge is -2.17. The average Bonchev–Trinajstić information content (AvgIpc) is 3.04. The minimum Gasteiger partial charge on any atom is -0.503 e. The number of methoxy groups -OCH3 is 1. The van der Waals surface area contributed by atoms with Crippen LogP contribution in [0.15, 0.2) is 24.3 Å². The van der Waals surface area contributed by atoms with Gasteiger partial charge < -0.3 is 34.0 Å². The van der Waals surface area contributed by atoms with Gasteiger partial charge in [0.1, 0.15) is 5.75 Å². The van der Waals surface area contributed by atoms with Gasteiger partial charge in [0.05, 0.1) is 13.7 Å². The number of carbonyl (C=O) groups is 2. The molecule has 1 amide bonds. The van der Waals surface area contributed by atoms with Crippen LogP contribution in [0.1, 0.15) is 34.8 Å². The number of ether oxygens (including phenoxy) is 3. The van der Waals surface area contributed by atoms with Gasteiger partial charge in [0.25, 0.3) is 5.91 Å². The van der Waals surface area contributed by atoms with E-state index in [2.05, 4.69) is 4.52 Å². The van der Waals surface area contributed by atoms with Crippen LogP contribution in [0.2, 0.25) is 0 Å².